The highest BCUT2D eigenvalue weighted by Gasteiger charge is 2.53. The quantitative estimate of drug-likeness (QED) is 0.748. The van der Waals surface area contributed by atoms with Crippen LogP contribution in [0.2, 0.25) is 0 Å². The highest BCUT2D eigenvalue weighted by molar-refractivity contribution is 5.52. The van der Waals surface area contributed by atoms with Gasteiger partial charge in [-0.25, -0.2) is 0 Å². The van der Waals surface area contributed by atoms with Gasteiger partial charge in [-0.1, -0.05) is 0 Å². The molecule has 3 rings (SSSR count). The molecule has 1 amide bonds. The molecule has 1 aliphatic heterocycles. The summed E-state index contributed by atoms with van der Waals surface area (Å²) in [6.45, 7) is 0.757. The van der Waals surface area contributed by atoms with Crippen LogP contribution in [0.1, 0.15) is 30.7 Å². The van der Waals surface area contributed by atoms with Crippen molar-refractivity contribution in [1.29, 1.82) is 0 Å². The number of aromatic amines is 1. The van der Waals surface area contributed by atoms with Gasteiger partial charge in [0.15, 0.2) is 0 Å². The van der Waals surface area contributed by atoms with E-state index in [0.717, 1.165) is 37.8 Å². The first-order valence-corrected chi connectivity index (χ1v) is 5.64. The van der Waals surface area contributed by atoms with E-state index in [9.17, 15) is 9.59 Å². The topological polar surface area (TPSA) is 53.2 Å². The van der Waals surface area contributed by atoms with Gasteiger partial charge in [0.05, 0.1) is 0 Å². The van der Waals surface area contributed by atoms with E-state index in [1.807, 2.05) is 11.0 Å². The summed E-state index contributed by atoms with van der Waals surface area (Å²) < 4.78 is 0. The molecular weight excluding hydrogens is 204 g/mol. The fraction of sp³-hybridized carbons (Fsp3) is 0.500. The molecule has 2 aliphatic rings. The number of hydrogen-bond donors (Lipinski definition) is 1. The van der Waals surface area contributed by atoms with Crippen molar-refractivity contribution in [2.45, 2.75) is 30.7 Å². The van der Waals surface area contributed by atoms with Gasteiger partial charge in [0.2, 0.25) is 12.0 Å². The molecule has 1 spiro atoms. The van der Waals surface area contributed by atoms with E-state index in [2.05, 4.69) is 4.98 Å². The van der Waals surface area contributed by atoms with Gasteiger partial charge < -0.3 is 9.88 Å². The molecule has 1 saturated heterocycles. The first-order valence-electron chi connectivity index (χ1n) is 5.64. The van der Waals surface area contributed by atoms with Gasteiger partial charge in [0.1, 0.15) is 0 Å². The van der Waals surface area contributed by atoms with Crippen LogP contribution in [-0.2, 0) is 4.79 Å². The summed E-state index contributed by atoms with van der Waals surface area (Å²) in [7, 11) is 0. The first-order chi connectivity index (χ1) is 7.73. The summed E-state index contributed by atoms with van der Waals surface area (Å²) in [5.74, 6) is 0.329. The van der Waals surface area contributed by atoms with Crippen molar-refractivity contribution in [3.8, 4) is 0 Å². The second kappa shape index (κ2) is 3.20. The fourth-order valence-corrected chi connectivity index (χ4v) is 2.80. The van der Waals surface area contributed by atoms with E-state index in [4.69, 9.17) is 0 Å². The summed E-state index contributed by atoms with van der Waals surface area (Å²) in [5.41, 5.74) is 1.13. The highest BCUT2D eigenvalue weighted by Crippen LogP contribution is 2.52. The number of H-pyrrole nitrogens is 1. The highest BCUT2D eigenvalue weighted by atomic mass is 16.1. The number of amides is 1. The van der Waals surface area contributed by atoms with Crippen LogP contribution in [-0.4, -0.2) is 28.4 Å². The molecule has 1 aromatic rings. The zero-order valence-corrected chi connectivity index (χ0v) is 8.98. The Balaban J connectivity index is 1.88. The smallest absolute Gasteiger partial charge is 0.248 e. The van der Waals surface area contributed by atoms with Crippen molar-refractivity contribution >= 4 is 6.41 Å². The van der Waals surface area contributed by atoms with Crippen LogP contribution in [0.5, 0.6) is 0 Å². The second-order valence-electron chi connectivity index (χ2n) is 4.87. The molecule has 84 valence electrons. The molecule has 1 saturated carbocycles. The molecule has 1 unspecified atom stereocenters. The van der Waals surface area contributed by atoms with Crippen molar-refractivity contribution in [2.75, 3.05) is 6.54 Å². The Labute approximate surface area is 93.3 Å². The van der Waals surface area contributed by atoms with Gasteiger partial charge in [-0.05, 0) is 30.9 Å². The fourth-order valence-electron chi connectivity index (χ4n) is 2.80. The SMILES string of the molecule is O=CN1CC(c2cc[nH]c(=O)c2)CC12CC2. The van der Waals surface area contributed by atoms with Crippen molar-refractivity contribution < 1.29 is 4.79 Å². The number of nitrogens with one attached hydrogen (secondary N) is 1. The maximum Gasteiger partial charge on any atom is 0.248 e. The summed E-state index contributed by atoms with van der Waals surface area (Å²) in [4.78, 5) is 26.7. The molecule has 4 nitrogen and oxygen atoms in total. The molecule has 4 heteroatoms. The van der Waals surface area contributed by atoms with E-state index < -0.39 is 0 Å². The van der Waals surface area contributed by atoms with Crippen molar-refractivity contribution in [3.63, 3.8) is 0 Å². The minimum absolute atomic E-state index is 0.0631. The van der Waals surface area contributed by atoms with Gasteiger partial charge in [0, 0.05) is 30.3 Å². The Bertz CT molecular complexity index is 476. The van der Waals surface area contributed by atoms with Gasteiger partial charge in [-0.3, -0.25) is 9.59 Å². The average Bonchev–Trinajstić information content (AvgIpc) is 2.93. The molecular formula is C12H14N2O2. The van der Waals surface area contributed by atoms with Crippen molar-refractivity contribution in [3.05, 3.63) is 34.2 Å². The van der Waals surface area contributed by atoms with Gasteiger partial charge in [-0.2, -0.15) is 0 Å². The Kier molecular flexibility index (Phi) is 1.93. The molecule has 1 N–H and O–H groups in total. The van der Waals surface area contributed by atoms with Crippen LogP contribution in [0, 0.1) is 0 Å². The van der Waals surface area contributed by atoms with E-state index in [-0.39, 0.29) is 11.1 Å². The Hall–Kier alpha value is -1.58. The molecule has 0 radical (unpaired) electrons. The van der Waals surface area contributed by atoms with Crippen LogP contribution in [0.3, 0.4) is 0 Å². The maximum atomic E-state index is 11.2. The second-order valence-corrected chi connectivity index (χ2v) is 4.87. The molecule has 16 heavy (non-hydrogen) atoms. The lowest BCUT2D eigenvalue weighted by Gasteiger charge is -2.17. The van der Waals surface area contributed by atoms with E-state index in [1.54, 1.807) is 12.3 Å². The van der Waals surface area contributed by atoms with Gasteiger partial charge in [-0.15, -0.1) is 0 Å². The normalized spacial score (nSPS) is 26.0. The Morgan fingerprint density at radius 3 is 2.88 bits per heavy atom. The van der Waals surface area contributed by atoms with E-state index in [0.29, 0.717) is 5.92 Å². The minimum atomic E-state index is -0.0631. The monoisotopic (exact) mass is 218 g/mol. The number of aromatic nitrogens is 1. The van der Waals surface area contributed by atoms with E-state index in [1.165, 1.54) is 0 Å². The van der Waals surface area contributed by atoms with Crippen LogP contribution in [0.25, 0.3) is 0 Å². The number of carbonyl (C=O) groups is 1. The molecule has 2 fully saturated rings. The van der Waals surface area contributed by atoms with Crippen molar-refractivity contribution in [2.24, 2.45) is 0 Å². The standard InChI is InChI=1S/C12H14N2O2/c15-8-14-7-10(6-12(14)2-3-12)9-1-4-13-11(16)5-9/h1,4-5,8,10H,2-3,6-7H2,(H,13,16). The lowest BCUT2D eigenvalue weighted by molar-refractivity contribution is -0.119. The Morgan fingerprint density at radius 2 is 2.31 bits per heavy atom. The maximum absolute atomic E-state index is 11.2. The number of pyridine rings is 1. The van der Waals surface area contributed by atoms with Crippen molar-refractivity contribution in [1.82, 2.24) is 9.88 Å². The number of nitrogens with zero attached hydrogens (tertiary/aromatic N) is 1. The first kappa shape index (κ1) is 9.63. The third-order valence-corrected chi connectivity index (χ3v) is 3.88. The summed E-state index contributed by atoms with van der Waals surface area (Å²) in [6, 6.07) is 3.59. The summed E-state index contributed by atoms with van der Waals surface area (Å²) in [6.07, 6.45) is 5.88. The molecule has 1 aromatic heterocycles. The zero-order valence-electron chi connectivity index (χ0n) is 8.98. The number of likely N-dealkylation sites (tertiary alicyclic amines) is 1. The lowest BCUT2D eigenvalue weighted by atomic mass is 9.96. The lowest BCUT2D eigenvalue weighted by Crippen LogP contribution is -2.29. The van der Waals surface area contributed by atoms with Crippen LogP contribution in [0.4, 0.5) is 0 Å². The number of hydrogen-bond acceptors (Lipinski definition) is 2. The molecule has 2 heterocycles. The van der Waals surface area contributed by atoms with Gasteiger partial charge >= 0.3 is 0 Å². The zero-order chi connectivity index (χ0) is 11.2. The van der Waals surface area contributed by atoms with Gasteiger partial charge in [0.25, 0.3) is 0 Å². The number of carbonyl (C=O) groups excluding carboxylic acids is 1. The summed E-state index contributed by atoms with van der Waals surface area (Å²) in [5, 5.41) is 0. The van der Waals surface area contributed by atoms with Crippen LogP contribution >= 0.6 is 0 Å². The summed E-state index contributed by atoms with van der Waals surface area (Å²) >= 11 is 0. The third-order valence-electron chi connectivity index (χ3n) is 3.88. The van der Waals surface area contributed by atoms with E-state index >= 15 is 0 Å². The number of rotatable bonds is 2. The molecule has 1 atom stereocenters. The third kappa shape index (κ3) is 1.37. The Morgan fingerprint density at radius 1 is 1.50 bits per heavy atom. The largest absolute Gasteiger partial charge is 0.339 e. The van der Waals surface area contributed by atoms with Crippen LogP contribution in [0.15, 0.2) is 23.1 Å². The van der Waals surface area contributed by atoms with Crippen LogP contribution < -0.4 is 5.56 Å². The molecule has 0 bridgehead atoms. The predicted octanol–water partition coefficient (Wildman–Crippen LogP) is 0.853. The molecule has 0 aromatic carbocycles. The predicted molar refractivity (Wildman–Crippen MR) is 59.2 cm³/mol. The molecule has 1 aliphatic carbocycles. The average molecular weight is 218 g/mol. The minimum Gasteiger partial charge on any atom is -0.339 e.